The van der Waals surface area contributed by atoms with Gasteiger partial charge in [0, 0.05) is 0 Å². The Kier molecular flexibility index (Phi) is 7.82. The molecule has 0 unspecified atom stereocenters. The summed E-state index contributed by atoms with van der Waals surface area (Å²) in [6, 6.07) is 18.8. The normalized spacial score (nSPS) is 11.6. The Bertz CT molecular complexity index is 561. The summed E-state index contributed by atoms with van der Waals surface area (Å²) in [6.07, 6.45) is 0. The van der Waals surface area contributed by atoms with Crippen LogP contribution in [-0.2, 0) is 27.4 Å². The van der Waals surface area contributed by atoms with Gasteiger partial charge in [0.05, 0.1) is 26.4 Å². The first-order valence-corrected chi connectivity index (χ1v) is 7.73. The lowest BCUT2D eigenvalue weighted by molar-refractivity contribution is -0.0976. The zero-order chi connectivity index (χ0) is 17.1. The van der Waals surface area contributed by atoms with E-state index in [4.69, 9.17) is 14.2 Å². The van der Waals surface area contributed by atoms with Crippen LogP contribution in [0, 0.1) is 6.61 Å². The van der Waals surface area contributed by atoms with Crippen LogP contribution >= 0.6 is 0 Å². The third-order valence-electron chi connectivity index (χ3n) is 3.12. The lowest BCUT2D eigenvalue weighted by atomic mass is 10.2. The van der Waals surface area contributed by atoms with E-state index in [9.17, 15) is 8.78 Å². The van der Waals surface area contributed by atoms with E-state index in [-0.39, 0.29) is 19.8 Å². The van der Waals surface area contributed by atoms with Gasteiger partial charge in [-0.15, -0.1) is 0 Å². The van der Waals surface area contributed by atoms with Crippen molar-refractivity contribution >= 4 is 0 Å². The molecule has 2 aromatic rings. The van der Waals surface area contributed by atoms with Crippen molar-refractivity contribution in [3.05, 3.63) is 78.4 Å². The van der Waals surface area contributed by atoms with E-state index < -0.39 is 12.5 Å². The number of benzene rings is 2. The van der Waals surface area contributed by atoms with Crippen molar-refractivity contribution in [2.24, 2.45) is 0 Å². The summed E-state index contributed by atoms with van der Waals surface area (Å²) in [5, 5.41) is 0. The van der Waals surface area contributed by atoms with Gasteiger partial charge in [-0.05, 0) is 11.1 Å². The third-order valence-corrected chi connectivity index (χ3v) is 3.12. The average Bonchev–Trinajstić information content (AvgIpc) is 2.60. The van der Waals surface area contributed by atoms with E-state index in [0.717, 1.165) is 11.1 Å². The second kappa shape index (κ2) is 10.1. The summed E-state index contributed by atoms with van der Waals surface area (Å²) >= 11 is 0. The number of hydrogen-bond acceptors (Lipinski definition) is 3. The lowest BCUT2D eigenvalue weighted by Crippen LogP contribution is -2.26. The van der Waals surface area contributed by atoms with Gasteiger partial charge in [-0.25, -0.2) is 8.78 Å². The second-order valence-electron chi connectivity index (χ2n) is 5.27. The number of ether oxygens (including phenoxy) is 3. The van der Waals surface area contributed by atoms with Crippen molar-refractivity contribution in [3.8, 4) is 0 Å². The van der Waals surface area contributed by atoms with Crippen LogP contribution < -0.4 is 0 Å². The molecule has 2 aromatic carbocycles. The molecule has 0 aliphatic carbocycles. The molecule has 0 amide bonds. The molecule has 3 nitrogen and oxygen atoms in total. The average molecular weight is 335 g/mol. The van der Waals surface area contributed by atoms with Crippen LogP contribution in [0.3, 0.4) is 0 Å². The molecule has 0 fully saturated rings. The molecular weight excluding hydrogens is 314 g/mol. The number of hydrogen-bond donors (Lipinski definition) is 0. The predicted molar refractivity (Wildman–Crippen MR) is 87.4 cm³/mol. The Morgan fingerprint density at radius 2 is 1.29 bits per heavy atom. The molecule has 0 atom stereocenters. The van der Waals surface area contributed by atoms with Gasteiger partial charge in [0.25, 0.3) is 5.92 Å². The molecule has 0 heterocycles. The van der Waals surface area contributed by atoms with Crippen LogP contribution in [0.2, 0.25) is 0 Å². The van der Waals surface area contributed by atoms with Crippen molar-refractivity contribution in [1.82, 2.24) is 0 Å². The van der Waals surface area contributed by atoms with Gasteiger partial charge in [0.1, 0.15) is 6.61 Å². The van der Waals surface area contributed by atoms with E-state index in [0.29, 0.717) is 13.2 Å². The van der Waals surface area contributed by atoms with Gasteiger partial charge in [0.15, 0.2) is 6.61 Å². The molecular formula is C19H21F2O3. The van der Waals surface area contributed by atoms with Crippen LogP contribution in [0.15, 0.2) is 60.7 Å². The highest BCUT2D eigenvalue weighted by Crippen LogP contribution is 2.19. The minimum absolute atomic E-state index is 0.0705. The van der Waals surface area contributed by atoms with Crippen molar-refractivity contribution in [2.75, 3.05) is 19.8 Å². The van der Waals surface area contributed by atoms with Crippen molar-refractivity contribution in [1.29, 1.82) is 0 Å². The first-order valence-electron chi connectivity index (χ1n) is 7.73. The minimum Gasteiger partial charge on any atom is -0.374 e. The Morgan fingerprint density at radius 3 is 1.88 bits per heavy atom. The minimum atomic E-state index is -3.13. The summed E-state index contributed by atoms with van der Waals surface area (Å²) in [7, 11) is 0. The Hall–Kier alpha value is -1.82. The fourth-order valence-electron chi connectivity index (χ4n) is 1.97. The van der Waals surface area contributed by atoms with E-state index in [1.54, 1.807) is 0 Å². The van der Waals surface area contributed by atoms with Crippen molar-refractivity contribution in [3.63, 3.8) is 0 Å². The maximum absolute atomic E-state index is 13.6. The molecule has 0 aromatic heterocycles. The molecule has 0 spiro atoms. The Labute approximate surface area is 141 Å². The van der Waals surface area contributed by atoms with Gasteiger partial charge >= 0.3 is 0 Å². The highest BCUT2D eigenvalue weighted by molar-refractivity contribution is 5.14. The molecule has 0 aliphatic rings. The van der Waals surface area contributed by atoms with Crippen molar-refractivity contribution < 1.29 is 23.0 Å². The van der Waals surface area contributed by atoms with Gasteiger partial charge in [0.2, 0.25) is 0 Å². The maximum atomic E-state index is 13.6. The van der Waals surface area contributed by atoms with Crippen molar-refractivity contribution in [2.45, 2.75) is 19.1 Å². The maximum Gasteiger partial charge on any atom is 0.299 e. The van der Waals surface area contributed by atoms with Crippen LogP contribution in [0.25, 0.3) is 0 Å². The first kappa shape index (κ1) is 18.5. The van der Waals surface area contributed by atoms with Crippen LogP contribution in [0.4, 0.5) is 8.78 Å². The molecule has 5 heteroatoms. The highest BCUT2D eigenvalue weighted by atomic mass is 19.3. The zero-order valence-electron chi connectivity index (χ0n) is 13.4. The molecule has 0 saturated carbocycles. The first-order chi connectivity index (χ1) is 11.7. The van der Waals surface area contributed by atoms with Crippen LogP contribution in [0.5, 0.6) is 0 Å². The Balaban J connectivity index is 1.52. The number of alkyl halides is 2. The molecule has 0 saturated heterocycles. The number of rotatable bonds is 11. The summed E-state index contributed by atoms with van der Waals surface area (Å²) in [5.41, 5.74) is 1.88. The van der Waals surface area contributed by atoms with E-state index in [2.05, 4.69) is 0 Å². The van der Waals surface area contributed by atoms with Crippen LogP contribution in [-0.4, -0.2) is 25.7 Å². The fourth-order valence-corrected chi connectivity index (χ4v) is 1.97. The number of halogens is 2. The molecule has 1 radical (unpaired) electrons. The highest BCUT2D eigenvalue weighted by Gasteiger charge is 2.30. The van der Waals surface area contributed by atoms with Gasteiger partial charge in [-0.3, -0.25) is 0 Å². The molecule has 0 bridgehead atoms. The standard InChI is InChI=1S/C19H21F2O3/c20-19(21,16-24-14-18-9-5-2-6-10-18)15-23-12-11-22-13-17-7-3-1-4-8-17/h1-10,15H,11-14,16H2. The van der Waals surface area contributed by atoms with E-state index >= 15 is 0 Å². The smallest absolute Gasteiger partial charge is 0.299 e. The fraction of sp³-hybridized carbons (Fsp3) is 0.316. The van der Waals surface area contributed by atoms with Gasteiger partial charge < -0.3 is 14.2 Å². The molecule has 0 aliphatic heterocycles. The van der Waals surface area contributed by atoms with E-state index in [1.807, 2.05) is 60.7 Å². The quantitative estimate of drug-likeness (QED) is 0.575. The zero-order valence-corrected chi connectivity index (χ0v) is 13.4. The molecule has 0 N–H and O–H groups in total. The summed E-state index contributed by atoms with van der Waals surface area (Å²) in [6.45, 7) is 0.690. The lowest BCUT2D eigenvalue weighted by Gasteiger charge is -2.16. The largest absolute Gasteiger partial charge is 0.374 e. The molecule has 24 heavy (non-hydrogen) atoms. The third kappa shape index (κ3) is 7.64. The van der Waals surface area contributed by atoms with Crippen LogP contribution in [0.1, 0.15) is 11.1 Å². The van der Waals surface area contributed by atoms with Gasteiger partial charge in [-0.1, -0.05) is 60.7 Å². The monoisotopic (exact) mass is 335 g/mol. The summed E-state index contributed by atoms with van der Waals surface area (Å²) < 4.78 is 42.3. The predicted octanol–water partition coefficient (Wildman–Crippen LogP) is 4.23. The molecule has 129 valence electrons. The topological polar surface area (TPSA) is 27.7 Å². The van der Waals surface area contributed by atoms with E-state index in [1.165, 1.54) is 0 Å². The summed E-state index contributed by atoms with van der Waals surface area (Å²) in [4.78, 5) is 0. The van der Waals surface area contributed by atoms with Gasteiger partial charge in [-0.2, -0.15) is 0 Å². The summed E-state index contributed by atoms with van der Waals surface area (Å²) in [5.74, 6) is -3.13. The SMILES string of the molecule is FC(F)([CH]OCCOCc1ccccc1)COCc1ccccc1. The Morgan fingerprint density at radius 1 is 0.750 bits per heavy atom. The second-order valence-corrected chi connectivity index (χ2v) is 5.27. The molecule has 2 rings (SSSR count).